The van der Waals surface area contributed by atoms with Crippen LogP contribution in [-0.2, 0) is 19.1 Å². The van der Waals surface area contributed by atoms with Gasteiger partial charge < -0.3 is 29.3 Å². The number of aliphatic hydroxyl groups is 1. The third-order valence-corrected chi connectivity index (χ3v) is 11.2. The minimum absolute atomic E-state index is 0.0829. The van der Waals surface area contributed by atoms with Gasteiger partial charge in [-0.2, -0.15) is 0 Å². The number of thioether (sulfide) groups is 1. The molecular formula is C32H42N4O6S. The molecule has 1 N–H and O–H groups in total. The number of hydrogen-bond acceptors (Lipinski definition) is 8. The summed E-state index contributed by atoms with van der Waals surface area (Å²) in [5.74, 6) is -1.00. The Morgan fingerprint density at radius 2 is 1.70 bits per heavy atom. The molecule has 5 aliphatic rings. The minimum atomic E-state index is -0.890. The van der Waals surface area contributed by atoms with Crippen LogP contribution in [0.2, 0.25) is 0 Å². The van der Waals surface area contributed by atoms with Crippen molar-refractivity contribution in [3.8, 4) is 5.75 Å². The molecule has 3 fully saturated rings. The molecule has 5 heterocycles. The Labute approximate surface area is 257 Å². The van der Waals surface area contributed by atoms with Gasteiger partial charge in [0.05, 0.1) is 36.4 Å². The molecule has 5 aliphatic heterocycles. The Kier molecular flexibility index (Phi) is 8.61. The van der Waals surface area contributed by atoms with E-state index in [4.69, 9.17) is 9.47 Å². The smallest absolute Gasteiger partial charge is 0.247 e. The van der Waals surface area contributed by atoms with Crippen LogP contribution in [0.4, 0.5) is 5.69 Å². The fourth-order valence-corrected chi connectivity index (χ4v) is 9.62. The fraction of sp³-hybridized carbons (Fsp3) is 0.594. The molecule has 6 rings (SSSR count). The van der Waals surface area contributed by atoms with Crippen LogP contribution < -0.4 is 9.64 Å². The molecule has 11 heteroatoms. The van der Waals surface area contributed by atoms with Crippen molar-refractivity contribution >= 4 is 35.2 Å². The number of anilines is 1. The molecule has 0 aromatic heterocycles. The molecule has 1 aromatic carbocycles. The van der Waals surface area contributed by atoms with Crippen molar-refractivity contribution in [3.63, 3.8) is 0 Å². The van der Waals surface area contributed by atoms with Crippen LogP contribution in [0.15, 0.2) is 48.6 Å². The molecule has 0 radical (unpaired) electrons. The summed E-state index contributed by atoms with van der Waals surface area (Å²) in [5, 5.41) is 9.69. The Bertz CT molecular complexity index is 1280. The number of hydrogen-bond donors (Lipinski definition) is 1. The van der Waals surface area contributed by atoms with Crippen LogP contribution in [0.25, 0.3) is 0 Å². The lowest BCUT2D eigenvalue weighted by atomic mass is 9.74. The van der Waals surface area contributed by atoms with Gasteiger partial charge in [-0.1, -0.05) is 24.3 Å². The van der Waals surface area contributed by atoms with E-state index in [0.29, 0.717) is 45.9 Å². The average molecular weight is 611 g/mol. The van der Waals surface area contributed by atoms with E-state index in [9.17, 15) is 19.5 Å². The highest BCUT2D eigenvalue weighted by Gasteiger charge is 2.73. The lowest BCUT2D eigenvalue weighted by Gasteiger charge is -2.37. The molecule has 10 nitrogen and oxygen atoms in total. The molecule has 1 spiro atoms. The molecule has 1 aromatic rings. The summed E-state index contributed by atoms with van der Waals surface area (Å²) in [7, 11) is 0. The second-order valence-electron chi connectivity index (χ2n) is 12.0. The summed E-state index contributed by atoms with van der Waals surface area (Å²) < 4.78 is 9.52. The molecular weight excluding hydrogens is 568 g/mol. The largest absolute Gasteiger partial charge is 0.494 e. The van der Waals surface area contributed by atoms with Gasteiger partial charge in [0.25, 0.3) is 0 Å². The van der Waals surface area contributed by atoms with Gasteiger partial charge in [0.1, 0.15) is 11.8 Å². The van der Waals surface area contributed by atoms with Crippen LogP contribution in [0.1, 0.15) is 20.3 Å². The zero-order chi connectivity index (χ0) is 30.2. The minimum Gasteiger partial charge on any atom is -0.494 e. The zero-order valence-corrected chi connectivity index (χ0v) is 25.8. The predicted octanol–water partition coefficient (Wildman–Crippen LogP) is 1.79. The van der Waals surface area contributed by atoms with Gasteiger partial charge in [-0.3, -0.25) is 19.3 Å². The first-order valence-corrected chi connectivity index (χ1v) is 16.2. The van der Waals surface area contributed by atoms with Crippen LogP contribution in [0, 0.1) is 11.8 Å². The topological polar surface area (TPSA) is 103 Å². The number of nitrogens with zero attached hydrogens (tertiary/aromatic N) is 4. The summed E-state index contributed by atoms with van der Waals surface area (Å²) in [4.78, 5) is 51.0. The van der Waals surface area contributed by atoms with Crippen LogP contribution in [0.3, 0.4) is 0 Å². The van der Waals surface area contributed by atoms with E-state index in [1.54, 1.807) is 21.6 Å². The molecule has 232 valence electrons. The van der Waals surface area contributed by atoms with Gasteiger partial charge in [0, 0.05) is 62.9 Å². The highest BCUT2D eigenvalue weighted by atomic mass is 32.2. The Morgan fingerprint density at radius 1 is 0.953 bits per heavy atom. The second-order valence-corrected chi connectivity index (χ2v) is 13.8. The first-order chi connectivity index (χ1) is 20.8. The Hall–Kier alpha value is -2.86. The van der Waals surface area contributed by atoms with Crippen molar-refractivity contribution in [3.05, 3.63) is 48.6 Å². The number of ether oxygens (including phenoxy) is 2. The van der Waals surface area contributed by atoms with Crippen molar-refractivity contribution in [2.45, 2.75) is 35.8 Å². The summed E-state index contributed by atoms with van der Waals surface area (Å²) in [6, 6.07) is 6.73. The predicted molar refractivity (Wildman–Crippen MR) is 165 cm³/mol. The molecule has 0 aliphatic carbocycles. The molecule has 0 saturated carbocycles. The summed E-state index contributed by atoms with van der Waals surface area (Å²) in [6.07, 6.45) is 8.53. The quantitative estimate of drug-likeness (QED) is 0.423. The van der Waals surface area contributed by atoms with Crippen LogP contribution >= 0.6 is 11.8 Å². The molecule has 3 amide bonds. The first kappa shape index (κ1) is 30.2. The maximum absolute atomic E-state index is 14.5. The SMILES string of the molecule is CCOc1ccc(N2CC=C[C@]3(C)S[C@]45C=CCN(CCN6CCOCC6)C(=O)C4N(CCCO)C(=O)[C@@H]5[C@@H]3C2=O)cc1. The monoisotopic (exact) mass is 610 g/mol. The summed E-state index contributed by atoms with van der Waals surface area (Å²) >= 11 is 1.59. The summed E-state index contributed by atoms with van der Waals surface area (Å²) in [5.41, 5.74) is 0.745. The molecule has 43 heavy (non-hydrogen) atoms. The van der Waals surface area contributed by atoms with Crippen molar-refractivity contribution in [2.24, 2.45) is 11.8 Å². The van der Waals surface area contributed by atoms with Gasteiger partial charge in [-0.25, -0.2) is 0 Å². The third-order valence-electron chi connectivity index (χ3n) is 9.45. The standard InChI is InChI=1S/C32H42N4O6S/c1-3-42-24-9-7-23(8-10-24)35-14-4-11-31(2)25(28(35)38)26-29(39)36(15-6-20-37)27-30(40)34(13-5-12-32(26,27)43-31)17-16-33-18-21-41-22-19-33/h4-5,7-12,25-27,37H,3,6,13-22H2,1-2H3/t25-,26+,27?,31+,32+/m1/s1. The number of benzene rings is 1. The van der Waals surface area contributed by atoms with Gasteiger partial charge >= 0.3 is 0 Å². The number of rotatable bonds is 9. The highest BCUT2D eigenvalue weighted by Crippen LogP contribution is 2.65. The van der Waals surface area contributed by atoms with E-state index in [-0.39, 0.29) is 30.9 Å². The van der Waals surface area contributed by atoms with Gasteiger partial charge in [0.15, 0.2) is 0 Å². The number of amides is 3. The van der Waals surface area contributed by atoms with Crippen LogP contribution in [-0.4, -0.2) is 125 Å². The normalized spacial score (nSPS) is 32.5. The number of aliphatic hydroxyl groups excluding tert-OH is 1. The average Bonchev–Trinajstić information content (AvgIpc) is 3.27. The molecule has 0 bridgehead atoms. The fourth-order valence-electron chi connectivity index (χ4n) is 7.46. The lowest BCUT2D eigenvalue weighted by Crippen LogP contribution is -2.54. The van der Waals surface area contributed by atoms with E-state index >= 15 is 0 Å². The van der Waals surface area contributed by atoms with Crippen LogP contribution in [0.5, 0.6) is 5.75 Å². The lowest BCUT2D eigenvalue weighted by molar-refractivity contribution is -0.143. The number of likely N-dealkylation sites (tertiary alicyclic amines) is 1. The number of morpholine rings is 1. The summed E-state index contributed by atoms with van der Waals surface area (Å²) in [6.45, 7) is 9.91. The second kappa shape index (κ2) is 12.3. The van der Waals surface area contributed by atoms with Gasteiger partial charge in [-0.15, -0.1) is 11.8 Å². The maximum Gasteiger partial charge on any atom is 0.247 e. The number of fused-ring (bicyclic) bond motifs is 2. The van der Waals surface area contributed by atoms with E-state index in [0.717, 1.165) is 31.1 Å². The van der Waals surface area contributed by atoms with E-state index < -0.39 is 27.4 Å². The Morgan fingerprint density at radius 3 is 2.42 bits per heavy atom. The van der Waals surface area contributed by atoms with Gasteiger partial charge in [-0.05, 0) is 44.5 Å². The van der Waals surface area contributed by atoms with E-state index in [1.807, 2.05) is 55.2 Å². The number of carbonyl (C=O) groups is 3. The van der Waals surface area contributed by atoms with E-state index in [2.05, 4.69) is 17.1 Å². The molecule has 5 atom stereocenters. The zero-order valence-electron chi connectivity index (χ0n) is 25.0. The number of carbonyl (C=O) groups excluding carboxylic acids is 3. The maximum atomic E-state index is 14.5. The Balaban J connectivity index is 1.34. The van der Waals surface area contributed by atoms with Crippen molar-refractivity contribution in [1.82, 2.24) is 14.7 Å². The van der Waals surface area contributed by atoms with Crippen molar-refractivity contribution < 1.29 is 29.0 Å². The highest BCUT2D eigenvalue weighted by molar-refractivity contribution is 8.02. The van der Waals surface area contributed by atoms with Crippen molar-refractivity contribution in [2.75, 3.05) is 77.1 Å². The first-order valence-electron chi connectivity index (χ1n) is 15.4. The van der Waals surface area contributed by atoms with Gasteiger partial charge in [0.2, 0.25) is 17.7 Å². The third kappa shape index (κ3) is 5.28. The van der Waals surface area contributed by atoms with Crippen molar-refractivity contribution in [1.29, 1.82) is 0 Å². The van der Waals surface area contributed by atoms with E-state index in [1.165, 1.54) is 0 Å². The molecule has 1 unspecified atom stereocenters. The molecule has 3 saturated heterocycles.